The van der Waals surface area contributed by atoms with E-state index in [0.717, 1.165) is 13.2 Å². The van der Waals surface area contributed by atoms with Crippen LogP contribution in [0.2, 0.25) is 0 Å². The molecule has 1 aliphatic carbocycles. The smallest absolute Gasteiger partial charge is 0.106 e. The first-order valence-corrected chi connectivity index (χ1v) is 5.82. The summed E-state index contributed by atoms with van der Waals surface area (Å²) in [6, 6.07) is 0. The van der Waals surface area contributed by atoms with Crippen molar-refractivity contribution in [2.45, 2.75) is 24.8 Å². The SMILES string of the molecule is C1=CC2=COCC3(CCCCN3)C2C=C1. The molecule has 1 fully saturated rings. The first-order chi connectivity index (χ1) is 7.41. The van der Waals surface area contributed by atoms with Crippen LogP contribution >= 0.6 is 0 Å². The lowest BCUT2D eigenvalue weighted by Crippen LogP contribution is -2.58. The van der Waals surface area contributed by atoms with Crippen LogP contribution in [0.1, 0.15) is 19.3 Å². The van der Waals surface area contributed by atoms with Gasteiger partial charge in [-0.05, 0) is 25.0 Å². The molecule has 1 saturated heterocycles. The summed E-state index contributed by atoms with van der Waals surface area (Å²) in [4.78, 5) is 0. The highest BCUT2D eigenvalue weighted by Gasteiger charge is 2.42. The van der Waals surface area contributed by atoms with Crippen LogP contribution in [0.4, 0.5) is 0 Å². The highest BCUT2D eigenvalue weighted by molar-refractivity contribution is 5.37. The molecule has 2 nitrogen and oxygen atoms in total. The summed E-state index contributed by atoms with van der Waals surface area (Å²) in [5.41, 5.74) is 1.49. The van der Waals surface area contributed by atoms with Crippen LogP contribution in [-0.2, 0) is 4.74 Å². The Bertz CT molecular complexity index is 334. The van der Waals surface area contributed by atoms with Crippen LogP contribution in [0, 0.1) is 5.92 Å². The van der Waals surface area contributed by atoms with Crippen LogP contribution < -0.4 is 5.32 Å². The Kier molecular flexibility index (Phi) is 2.17. The number of nitrogens with one attached hydrogen (secondary N) is 1. The average molecular weight is 203 g/mol. The van der Waals surface area contributed by atoms with Gasteiger partial charge in [0.15, 0.2) is 0 Å². The lowest BCUT2D eigenvalue weighted by Gasteiger charge is -2.46. The molecule has 3 rings (SSSR count). The fourth-order valence-electron chi connectivity index (χ4n) is 2.93. The lowest BCUT2D eigenvalue weighted by molar-refractivity contribution is 0.0728. The summed E-state index contributed by atoms with van der Waals surface area (Å²) in [6.07, 6.45) is 14.5. The van der Waals surface area contributed by atoms with E-state index in [0.29, 0.717) is 5.92 Å². The molecule has 0 aromatic heterocycles. The fraction of sp³-hybridized carbons (Fsp3) is 0.538. The van der Waals surface area contributed by atoms with Crippen molar-refractivity contribution in [1.82, 2.24) is 5.32 Å². The fourth-order valence-corrected chi connectivity index (χ4v) is 2.93. The van der Waals surface area contributed by atoms with Crippen molar-refractivity contribution in [3.05, 3.63) is 36.1 Å². The van der Waals surface area contributed by atoms with Gasteiger partial charge in [-0.1, -0.05) is 30.7 Å². The molecule has 2 heteroatoms. The zero-order chi connectivity index (χ0) is 10.1. The Labute approximate surface area is 90.7 Å². The molecule has 0 amide bonds. The topological polar surface area (TPSA) is 21.3 Å². The van der Waals surface area contributed by atoms with Crippen molar-refractivity contribution >= 4 is 0 Å². The number of hydrogen-bond acceptors (Lipinski definition) is 2. The van der Waals surface area contributed by atoms with E-state index in [-0.39, 0.29) is 5.54 Å². The number of fused-ring (bicyclic) bond motifs is 2. The molecule has 0 aromatic carbocycles. The predicted molar refractivity (Wildman–Crippen MR) is 60.4 cm³/mol. The Morgan fingerprint density at radius 2 is 2.33 bits per heavy atom. The van der Waals surface area contributed by atoms with Crippen LogP contribution in [0.25, 0.3) is 0 Å². The summed E-state index contributed by atoms with van der Waals surface area (Å²) >= 11 is 0. The number of piperidine rings is 1. The van der Waals surface area contributed by atoms with Crippen molar-refractivity contribution in [1.29, 1.82) is 0 Å². The maximum atomic E-state index is 5.62. The standard InChI is InChI=1S/C13H17NO/c1-2-6-12-11(5-1)9-15-10-13(12)7-3-4-8-14-13/h1-2,5-6,9,12,14H,3-4,7-8,10H2. The molecular formula is C13H17NO. The van der Waals surface area contributed by atoms with Gasteiger partial charge in [-0.15, -0.1) is 0 Å². The van der Waals surface area contributed by atoms with Crippen molar-refractivity contribution in [2.75, 3.05) is 13.2 Å². The van der Waals surface area contributed by atoms with E-state index in [2.05, 4.69) is 29.6 Å². The third-order valence-corrected chi connectivity index (χ3v) is 3.74. The van der Waals surface area contributed by atoms with Gasteiger partial charge in [0.2, 0.25) is 0 Å². The molecule has 0 saturated carbocycles. The second kappa shape index (κ2) is 3.53. The van der Waals surface area contributed by atoms with Gasteiger partial charge in [0.1, 0.15) is 6.61 Å². The summed E-state index contributed by atoms with van der Waals surface area (Å²) in [7, 11) is 0. The highest BCUT2D eigenvalue weighted by Crippen LogP contribution is 2.38. The third-order valence-electron chi connectivity index (χ3n) is 3.74. The van der Waals surface area contributed by atoms with Gasteiger partial charge < -0.3 is 10.1 Å². The summed E-state index contributed by atoms with van der Waals surface area (Å²) in [5.74, 6) is 0.511. The van der Waals surface area contributed by atoms with Gasteiger partial charge in [-0.25, -0.2) is 0 Å². The monoisotopic (exact) mass is 203 g/mol. The molecule has 0 radical (unpaired) electrons. The van der Waals surface area contributed by atoms with Crippen LogP contribution in [0.5, 0.6) is 0 Å². The molecule has 15 heavy (non-hydrogen) atoms. The molecule has 1 N–H and O–H groups in total. The van der Waals surface area contributed by atoms with E-state index in [1.54, 1.807) is 0 Å². The second-order valence-electron chi connectivity index (χ2n) is 4.69. The minimum absolute atomic E-state index is 0.170. The van der Waals surface area contributed by atoms with E-state index < -0.39 is 0 Å². The molecular weight excluding hydrogens is 186 g/mol. The highest BCUT2D eigenvalue weighted by atomic mass is 16.5. The molecule has 80 valence electrons. The molecule has 2 unspecified atom stereocenters. The largest absolute Gasteiger partial charge is 0.499 e. The van der Waals surface area contributed by atoms with Gasteiger partial charge in [-0.2, -0.15) is 0 Å². The van der Waals surface area contributed by atoms with E-state index in [1.807, 2.05) is 6.26 Å². The summed E-state index contributed by atoms with van der Waals surface area (Å²) in [5, 5.41) is 3.68. The summed E-state index contributed by atoms with van der Waals surface area (Å²) < 4.78 is 5.62. The Morgan fingerprint density at radius 1 is 1.33 bits per heavy atom. The summed E-state index contributed by atoms with van der Waals surface area (Å²) in [6.45, 7) is 1.95. The van der Waals surface area contributed by atoms with Gasteiger partial charge in [0, 0.05) is 5.92 Å². The van der Waals surface area contributed by atoms with E-state index >= 15 is 0 Å². The number of allylic oxidation sites excluding steroid dienone is 3. The normalized spacial score (nSPS) is 38.4. The van der Waals surface area contributed by atoms with Crippen molar-refractivity contribution in [3.8, 4) is 0 Å². The van der Waals surface area contributed by atoms with Gasteiger partial charge in [0.05, 0.1) is 11.8 Å². The zero-order valence-corrected chi connectivity index (χ0v) is 8.91. The van der Waals surface area contributed by atoms with E-state index in [4.69, 9.17) is 4.74 Å². The quantitative estimate of drug-likeness (QED) is 0.651. The third kappa shape index (κ3) is 1.44. The average Bonchev–Trinajstić information content (AvgIpc) is 2.31. The van der Waals surface area contributed by atoms with Crippen LogP contribution in [0.3, 0.4) is 0 Å². The Hall–Kier alpha value is -1.02. The van der Waals surface area contributed by atoms with Gasteiger partial charge >= 0.3 is 0 Å². The lowest BCUT2D eigenvalue weighted by atomic mass is 9.72. The maximum absolute atomic E-state index is 5.62. The molecule has 0 aromatic rings. The van der Waals surface area contributed by atoms with Gasteiger partial charge in [0.25, 0.3) is 0 Å². The zero-order valence-electron chi connectivity index (χ0n) is 8.91. The Balaban J connectivity index is 1.93. The molecule has 2 heterocycles. The molecule has 2 aliphatic heterocycles. The first-order valence-electron chi connectivity index (χ1n) is 5.82. The van der Waals surface area contributed by atoms with Gasteiger partial charge in [-0.3, -0.25) is 0 Å². The molecule has 3 aliphatic rings. The minimum atomic E-state index is 0.170. The molecule has 0 bridgehead atoms. The van der Waals surface area contributed by atoms with Crippen LogP contribution in [0.15, 0.2) is 36.1 Å². The first kappa shape index (κ1) is 9.22. The minimum Gasteiger partial charge on any atom is -0.499 e. The number of ether oxygens (including phenoxy) is 1. The van der Waals surface area contributed by atoms with Crippen molar-refractivity contribution in [3.63, 3.8) is 0 Å². The Morgan fingerprint density at radius 3 is 3.20 bits per heavy atom. The number of rotatable bonds is 0. The van der Waals surface area contributed by atoms with E-state index in [9.17, 15) is 0 Å². The van der Waals surface area contributed by atoms with Crippen LogP contribution in [-0.4, -0.2) is 18.7 Å². The maximum Gasteiger partial charge on any atom is 0.106 e. The molecule has 1 spiro atoms. The van der Waals surface area contributed by atoms with E-state index in [1.165, 1.54) is 24.8 Å². The molecule has 2 atom stereocenters. The predicted octanol–water partition coefficient (Wildman–Crippen LogP) is 2.16. The number of hydrogen-bond donors (Lipinski definition) is 1. The van der Waals surface area contributed by atoms with Crippen molar-refractivity contribution in [2.24, 2.45) is 5.92 Å². The second-order valence-corrected chi connectivity index (χ2v) is 4.69. The van der Waals surface area contributed by atoms with Crippen molar-refractivity contribution < 1.29 is 4.74 Å².